The molecule has 1 aromatic heterocycles. The van der Waals surface area contributed by atoms with Crippen molar-refractivity contribution in [3.63, 3.8) is 0 Å². The second-order valence-electron chi connectivity index (χ2n) is 5.26. The molecular weight excluding hydrogens is 292 g/mol. The van der Waals surface area contributed by atoms with Gasteiger partial charge < -0.3 is 9.64 Å². The molecule has 0 unspecified atom stereocenters. The van der Waals surface area contributed by atoms with E-state index in [9.17, 15) is 8.42 Å². The number of rotatable bonds is 4. The molecule has 3 heterocycles. The summed E-state index contributed by atoms with van der Waals surface area (Å²) in [6.07, 6.45) is 3.05. The van der Waals surface area contributed by atoms with Crippen molar-refractivity contribution in [3.05, 3.63) is 11.8 Å². The van der Waals surface area contributed by atoms with Crippen LogP contribution in [0.3, 0.4) is 0 Å². The van der Waals surface area contributed by atoms with Crippen LogP contribution in [-0.2, 0) is 21.2 Å². The largest absolute Gasteiger partial charge is 0.378 e. The van der Waals surface area contributed by atoms with Gasteiger partial charge in [-0.3, -0.25) is 4.31 Å². The van der Waals surface area contributed by atoms with Gasteiger partial charge in [0.05, 0.1) is 19.0 Å². The zero-order valence-corrected chi connectivity index (χ0v) is 13.0. The maximum absolute atomic E-state index is 12.3. The molecule has 3 rings (SSSR count). The molecule has 1 fully saturated rings. The fraction of sp³-hybridized carbons (Fsp3) is 0.692. The van der Waals surface area contributed by atoms with Gasteiger partial charge in [0.15, 0.2) is 5.82 Å². The molecule has 1 aromatic rings. The average molecular weight is 312 g/mol. The average Bonchev–Trinajstić information content (AvgIpc) is 2.92. The zero-order chi connectivity index (χ0) is 14.9. The van der Waals surface area contributed by atoms with E-state index in [1.807, 2.05) is 11.8 Å². The van der Waals surface area contributed by atoms with Gasteiger partial charge in [0.1, 0.15) is 0 Å². The SMILES string of the molecule is CCCS(=O)(=O)N1CCc2cnc(N3CCOCC3)nc21. The van der Waals surface area contributed by atoms with Crippen LogP contribution in [0.15, 0.2) is 6.20 Å². The van der Waals surface area contributed by atoms with Crippen molar-refractivity contribution in [2.75, 3.05) is 47.8 Å². The first-order valence-electron chi connectivity index (χ1n) is 7.31. The molecule has 0 radical (unpaired) electrons. The van der Waals surface area contributed by atoms with Gasteiger partial charge in [0.25, 0.3) is 0 Å². The van der Waals surface area contributed by atoms with Crippen molar-refractivity contribution < 1.29 is 13.2 Å². The Kier molecular flexibility index (Phi) is 3.99. The van der Waals surface area contributed by atoms with Crippen molar-refractivity contribution in [2.45, 2.75) is 19.8 Å². The third-order valence-corrected chi connectivity index (χ3v) is 5.69. The van der Waals surface area contributed by atoms with Crippen LogP contribution in [0.5, 0.6) is 0 Å². The second kappa shape index (κ2) is 5.76. The number of fused-ring (bicyclic) bond motifs is 1. The number of anilines is 2. The molecule has 0 aliphatic carbocycles. The molecule has 0 aromatic carbocycles. The summed E-state index contributed by atoms with van der Waals surface area (Å²) in [5.74, 6) is 1.30. The number of nitrogens with zero attached hydrogens (tertiary/aromatic N) is 4. The Morgan fingerprint density at radius 2 is 2.05 bits per heavy atom. The van der Waals surface area contributed by atoms with Crippen molar-refractivity contribution >= 4 is 21.8 Å². The summed E-state index contributed by atoms with van der Waals surface area (Å²) in [5.41, 5.74) is 0.909. The standard InChI is InChI=1S/C13H20N4O3S/c1-2-9-21(18,19)17-4-3-11-10-14-13(15-12(11)17)16-5-7-20-8-6-16/h10H,2-9H2,1H3. The third kappa shape index (κ3) is 2.82. The summed E-state index contributed by atoms with van der Waals surface area (Å²) in [5, 5.41) is 0. The highest BCUT2D eigenvalue weighted by molar-refractivity contribution is 7.92. The van der Waals surface area contributed by atoms with E-state index >= 15 is 0 Å². The summed E-state index contributed by atoms with van der Waals surface area (Å²) in [7, 11) is -3.27. The van der Waals surface area contributed by atoms with Gasteiger partial charge in [-0.05, 0) is 12.8 Å². The molecule has 0 spiro atoms. The molecule has 116 valence electrons. The van der Waals surface area contributed by atoms with Gasteiger partial charge in [-0.15, -0.1) is 0 Å². The van der Waals surface area contributed by atoms with Gasteiger partial charge in [-0.1, -0.05) is 6.92 Å². The van der Waals surface area contributed by atoms with E-state index in [0.29, 0.717) is 44.4 Å². The van der Waals surface area contributed by atoms with Crippen LogP contribution >= 0.6 is 0 Å². The van der Waals surface area contributed by atoms with Crippen LogP contribution in [0.1, 0.15) is 18.9 Å². The highest BCUT2D eigenvalue weighted by Gasteiger charge is 2.31. The highest BCUT2D eigenvalue weighted by atomic mass is 32.2. The van der Waals surface area contributed by atoms with E-state index in [4.69, 9.17) is 4.74 Å². The normalized spacial score (nSPS) is 18.9. The van der Waals surface area contributed by atoms with E-state index in [0.717, 1.165) is 18.7 Å². The molecule has 2 aliphatic heterocycles. The number of sulfonamides is 1. The molecule has 2 aliphatic rings. The molecule has 0 atom stereocenters. The van der Waals surface area contributed by atoms with E-state index < -0.39 is 10.0 Å². The molecule has 21 heavy (non-hydrogen) atoms. The molecule has 0 bridgehead atoms. The van der Waals surface area contributed by atoms with E-state index in [1.54, 1.807) is 6.20 Å². The van der Waals surface area contributed by atoms with E-state index in [2.05, 4.69) is 9.97 Å². The third-order valence-electron chi connectivity index (χ3n) is 3.74. The first kappa shape index (κ1) is 14.5. The molecule has 8 heteroatoms. The number of hydrogen-bond acceptors (Lipinski definition) is 6. The predicted octanol–water partition coefficient (Wildman–Crippen LogP) is 0.416. The Hall–Kier alpha value is -1.41. The Morgan fingerprint density at radius 1 is 1.29 bits per heavy atom. The fourth-order valence-corrected chi connectivity index (χ4v) is 4.19. The lowest BCUT2D eigenvalue weighted by Crippen LogP contribution is -2.38. The first-order chi connectivity index (χ1) is 10.1. The Balaban J connectivity index is 1.90. The quantitative estimate of drug-likeness (QED) is 0.802. The minimum Gasteiger partial charge on any atom is -0.378 e. The minimum atomic E-state index is -3.27. The topological polar surface area (TPSA) is 75.6 Å². The highest BCUT2D eigenvalue weighted by Crippen LogP contribution is 2.29. The van der Waals surface area contributed by atoms with Gasteiger partial charge in [-0.2, -0.15) is 4.98 Å². The fourth-order valence-electron chi connectivity index (χ4n) is 2.66. The van der Waals surface area contributed by atoms with Crippen LogP contribution in [-0.4, -0.2) is 57.0 Å². The Morgan fingerprint density at radius 3 is 2.76 bits per heavy atom. The van der Waals surface area contributed by atoms with Crippen LogP contribution in [0.2, 0.25) is 0 Å². The lowest BCUT2D eigenvalue weighted by atomic mass is 10.3. The summed E-state index contributed by atoms with van der Waals surface area (Å²) < 4.78 is 31.4. The summed E-state index contributed by atoms with van der Waals surface area (Å²) in [6, 6.07) is 0. The second-order valence-corrected chi connectivity index (χ2v) is 7.27. The number of morpholine rings is 1. The van der Waals surface area contributed by atoms with Crippen LogP contribution in [0, 0.1) is 0 Å². The van der Waals surface area contributed by atoms with Crippen LogP contribution < -0.4 is 9.21 Å². The van der Waals surface area contributed by atoms with E-state index in [1.165, 1.54) is 4.31 Å². The molecule has 0 N–H and O–H groups in total. The minimum absolute atomic E-state index is 0.156. The lowest BCUT2D eigenvalue weighted by Gasteiger charge is -2.27. The Labute approximate surface area is 125 Å². The maximum Gasteiger partial charge on any atom is 0.236 e. The van der Waals surface area contributed by atoms with Crippen molar-refractivity contribution in [2.24, 2.45) is 0 Å². The van der Waals surface area contributed by atoms with Gasteiger partial charge in [-0.25, -0.2) is 13.4 Å². The summed E-state index contributed by atoms with van der Waals surface area (Å²) in [4.78, 5) is 10.9. The first-order valence-corrected chi connectivity index (χ1v) is 8.92. The molecule has 7 nitrogen and oxygen atoms in total. The predicted molar refractivity (Wildman–Crippen MR) is 80.2 cm³/mol. The smallest absolute Gasteiger partial charge is 0.236 e. The van der Waals surface area contributed by atoms with Crippen molar-refractivity contribution in [3.8, 4) is 0 Å². The summed E-state index contributed by atoms with van der Waals surface area (Å²) >= 11 is 0. The number of aromatic nitrogens is 2. The van der Waals surface area contributed by atoms with E-state index in [-0.39, 0.29) is 5.75 Å². The summed E-state index contributed by atoms with van der Waals surface area (Å²) in [6.45, 7) is 5.12. The number of hydrogen-bond donors (Lipinski definition) is 0. The van der Waals surface area contributed by atoms with Crippen molar-refractivity contribution in [1.82, 2.24) is 9.97 Å². The maximum atomic E-state index is 12.3. The van der Waals surface area contributed by atoms with Gasteiger partial charge >= 0.3 is 0 Å². The van der Waals surface area contributed by atoms with Crippen LogP contribution in [0.4, 0.5) is 11.8 Å². The molecule has 0 amide bonds. The molecule has 1 saturated heterocycles. The van der Waals surface area contributed by atoms with Gasteiger partial charge in [0, 0.05) is 31.4 Å². The lowest BCUT2D eigenvalue weighted by molar-refractivity contribution is 0.122. The zero-order valence-electron chi connectivity index (χ0n) is 12.2. The molecular formula is C13H20N4O3S. The Bertz CT molecular complexity index is 614. The van der Waals surface area contributed by atoms with Gasteiger partial charge in [0.2, 0.25) is 16.0 Å². The molecule has 0 saturated carbocycles. The van der Waals surface area contributed by atoms with Crippen LogP contribution in [0.25, 0.3) is 0 Å². The monoisotopic (exact) mass is 312 g/mol. The van der Waals surface area contributed by atoms with Crippen molar-refractivity contribution in [1.29, 1.82) is 0 Å². The number of ether oxygens (including phenoxy) is 1.